The van der Waals surface area contributed by atoms with Crippen LogP contribution in [0.3, 0.4) is 0 Å². The minimum atomic E-state index is -4.67. The molecule has 4 aromatic rings. The first kappa shape index (κ1) is 27.4. The topological polar surface area (TPSA) is 102 Å². The number of amides is 3. The van der Waals surface area contributed by atoms with Crippen molar-refractivity contribution >= 4 is 63.8 Å². The summed E-state index contributed by atoms with van der Waals surface area (Å²) in [5.41, 5.74) is -0.738. The second-order valence-corrected chi connectivity index (χ2v) is 11.9. The number of carbonyl (C=O) groups excluding carboxylic acids is 3. The van der Waals surface area contributed by atoms with E-state index in [9.17, 15) is 32.3 Å². The Morgan fingerprint density at radius 2 is 1.78 bits per heavy atom. The second-order valence-electron chi connectivity index (χ2n) is 9.30. The third-order valence-electron chi connectivity index (χ3n) is 6.76. The fraction of sp³-hybridized carbons (Fsp3) is 0.185. The maximum absolute atomic E-state index is 13.7. The molecule has 2 aromatic heterocycles. The number of aromatic nitrogens is 1. The summed E-state index contributed by atoms with van der Waals surface area (Å²) in [7, 11) is 0. The summed E-state index contributed by atoms with van der Waals surface area (Å²) < 4.78 is 47.0. The number of benzene rings is 2. The molecule has 8 nitrogen and oxygen atoms in total. The van der Waals surface area contributed by atoms with Gasteiger partial charge < -0.3 is 9.73 Å². The van der Waals surface area contributed by atoms with Crippen molar-refractivity contribution in [1.82, 2.24) is 4.57 Å². The predicted octanol–water partition coefficient (Wildman–Crippen LogP) is 5.61. The first-order valence-electron chi connectivity index (χ1n) is 12.1. The highest BCUT2D eigenvalue weighted by Crippen LogP contribution is 2.54. The molecule has 4 heterocycles. The Kier molecular flexibility index (Phi) is 6.83. The monoisotopic (exact) mass is 619 g/mol. The number of imide groups is 1. The molecule has 3 amide bonds. The summed E-state index contributed by atoms with van der Waals surface area (Å²) in [5.74, 6) is -3.53. The maximum Gasteiger partial charge on any atom is 0.416 e. The lowest BCUT2D eigenvalue weighted by Gasteiger charge is -2.29. The van der Waals surface area contributed by atoms with Crippen LogP contribution in [0, 0.1) is 5.92 Å². The molecule has 0 bridgehead atoms. The summed E-state index contributed by atoms with van der Waals surface area (Å²) in [5, 5.41) is 2.42. The van der Waals surface area contributed by atoms with Crippen LogP contribution in [0.1, 0.15) is 22.1 Å². The van der Waals surface area contributed by atoms with Crippen molar-refractivity contribution in [3.63, 3.8) is 0 Å². The molecule has 0 unspecified atom stereocenters. The van der Waals surface area contributed by atoms with Gasteiger partial charge in [-0.05, 0) is 54.6 Å². The van der Waals surface area contributed by atoms with Crippen molar-refractivity contribution in [1.29, 1.82) is 0 Å². The van der Waals surface area contributed by atoms with Gasteiger partial charge in [0.05, 0.1) is 39.3 Å². The molecule has 0 aliphatic carbocycles. The molecular formula is C27H17ClF3N3O5S2. The van der Waals surface area contributed by atoms with E-state index in [0.717, 1.165) is 46.2 Å². The van der Waals surface area contributed by atoms with Crippen molar-refractivity contribution in [2.24, 2.45) is 5.92 Å². The summed E-state index contributed by atoms with van der Waals surface area (Å²) in [6.45, 7) is -0.373. The summed E-state index contributed by atoms with van der Waals surface area (Å²) in [4.78, 5) is 54.1. The van der Waals surface area contributed by atoms with Crippen LogP contribution in [0.15, 0.2) is 81.2 Å². The van der Waals surface area contributed by atoms with Crippen LogP contribution in [0.4, 0.5) is 24.5 Å². The van der Waals surface area contributed by atoms with Crippen LogP contribution in [-0.4, -0.2) is 27.5 Å². The standard InChI is InChI=1S/C27H17ClF3N3O5S2/c28-14-6-8-15(9-7-14)32-18(35)12-33-25-22(41-26(33)38)19(17-5-2-10-39-17)20-21(40-25)24(37)34(23(20)36)16-4-1-3-13(11-16)27(29,30)31/h1-11,19-21H,12H2,(H,32,35)/t19-,20-,21+/m0/s1. The Morgan fingerprint density at radius 1 is 1.02 bits per heavy atom. The van der Waals surface area contributed by atoms with E-state index < -0.39 is 51.4 Å². The van der Waals surface area contributed by atoms with Gasteiger partial charge in [-0.3, -0.25) is 23.7 Å². The van der Waals surface area contributed by atoms with Gasteiger partial charge in [0.15, 0.2) is 0 Å². The summed E-state index contributed by atoms with van der Waals surface area (Å²) in [6, 6.07) is 13.6. The summed E-state index contributed by atoms with van der Waals surface area (Å²) in [6.07, 6.45) is -3.29. The molecule has 2 aromatic carbocycles. The van der Waals surface area contributed by atoms with Gasteiger partial charge in [0, 0.05) is 10.7 Å². The smallest absolute Gasteiger partial charge is 0.416 e. The number of alkyl halides is 3. The molecule has 14 heteroatoms. The third-order valence-corrected chi connectivity index (χ3v) is 9.62. The molecule has 41 heavy (non-hydrogen) atoms. The van der Waals surface area contributed by atoms with Crippen molar-refractivity contribution in [2.75, 3.05) is 10.2 Å². The number of halogens is 4. The van der Waals surface area contributed by atoms with E-state index >= 15 is 0 Å². The SMILES string of the molecule is O=C(Cn1c2c(sc1=O)[C@@H](c1ccco1)[C@@H]1C(=O)N(c3cccc(C(F)(F)F)c3)C(=O)[C@@H]1S2)Nc1ccc(Cl)cc1. The number of hydrogen-bond acceptors (Lipinski definition) is 7. The van der Waals surface area contributed by atoms with Crippen LogP contribution in [0.25, 0.3) is 0 Å². The second kappa shape index (κ2) is 10.2. The molecular weight excluding hydrogens is 603 g/mol. The number of thiazole rings is 1. The average Bonchev–Trinajstić information content (AvgIpc) is 3.62. The maximum atomic E-state index is 13.7. The number of carbonyl (C=O) groups is 3. The zero-order chi connectivity index (χ0) is 29.1. The molecule has 1 fully saturated rings. The molecule has 1 saturated heterocycles. The average molecular weight is 620 g/mol. The van der Waals surface area contributed by atoms with Gasteiger partial charge in [-0.15, -0.1) is 0 Å². The van der Waals surface area contributed by atoms with Gasteiger partial charge in [0.1, 0.15) is 17.6 Å². The molecule has 0 saturated carbocycles. The van der Waals surface area contributed by atoms with E-state index in [0.29, 0.717) is 26.4 Å². The highest BCUT2D eigenvalue weighted by Gasteiger charge is 2.57. The quantitative estimate of drug-likeness (QED) is 0.292. The van der Waals surface area contributed by atoms with Gasteiger partial charge >= 0.3 is 11.0 Å². The van der Waals surface area contributed by atoms with Crippen LogP contribution in [0.5, 0.6) is 0 Å². The van der Waals surface area contributed by atoms with Crippen LogP contribution in [-0.2, 0) is 27.1 Å². The zero-order valence-electron chi connectivity index (χ0n) is 20.6. The number of hydrogen-bond donors (Lipinski definition) is 1. The Hall–Kier alpha value is -3.81. The first-order chi connectivity index (χ1) is 19.5. The Morgan fingerprint density at radius 3 is 2.46 bits per heavy atom. The minimum Gasteiger partial charge on any atom is -0.469 e. The van der Waals surface area contributed by atoms with Gasteiger partial charge in [0.2, 0.25) is 17.7 Å². The molecule has 1 N–H and O–H groups in total. The fourth-order valence-electron chi connectivity index (χ4n) is 4.98. The van der Waals surface area contributed by atoms with E-state index in [-0.39, 0.29) is 12.2 Å². The number of anilines is 2. The number of rotatable bonds is 5. The van der Waals surface area contributed by atoms with Gasteiger partial charge in [0.25, 0.3) is 0 Å². The predicted molar refractivity (Wildman–Crippen MR) is 146 cm³/mol. The molecule has 6 rings (SSSR count). The van der Waals surface area contributed by atoms with E-state index in [4.69, 9.17) is 16.0 Å². The summed E-state index contributed by atoms with van der Waals surface area (Å²) >= 11 is 7.66. The van der Waals surface area contributed by atoms with Gasteiger partial charge in [-0.25, -0.2) is 4.90 Å². The first-order valence-corrected chi connectivity index (χ1v) is 14.1. The van der Waals surface area contributed by atoms with Crippen molar-refractivity contribution in [3.05, 3.63) is 97.8 Å². The van der Waals surface area contributed by atoms with Crippen LogP contribution in [0.2, 0.25) is 5.02 Å². The Labute approximate surface area is 242 Å². The highest BCUT2D eigenvalue weighted by atomic mass is 35.5. The number of fused-ring (bicyclic) bond motifs is 2. The zero-order valence-corrected chi connectivity index (χ0v) is 22.9. The van der Waals surface area contributed by atoms with Crippen LogP contribution >= 0.6 is 34.7 Å². The van der Waals surface area contributed by atoms with Gasteiger partial charge in [-0.2, -0.15) is 13.2 Å². The van der Waals surface area contributed by atoms with E-state index in [2.05, 4.69) is 5.32 Å². The molecule has 3 atom stereocenters. The molecule has 2 aliphatic rings. The number of nitrogens with one attached hydrogen (secondary N) is 1. The lowest BCUT2D eigenvalue weighted by molar-refractivity contribution is -0.137. The minimum absolute atomic E-state index is 0.203. The van der Waals surface area contributed by atoms with E-state index in [1.807, 2.05) is 0 Å². The largest absolute Gasteiger partial charge is 0.469 e. The Bertz CT molecular complexity index is 1730. The van der Waals surface area contributed by atoms with Crippen molar-refractivity contribution < 1.29 is 32.0 Å². The van der Waals surface area contributed by atoms with Crippen molar-refractivity contribution in [3.8, 4) is 0 Å². The lowest BCUT2D eigenvalue weighted by Crippen LogP contribution is -2.32. The highest BCUT2D eigenvalue weighted by molar-refractivity contribution is 8.00. The normalized spacial score (nSPS) is 20.2. The molecule has 0 radical (unpaired) electrons. The molecule has 2 aliphatic heterocycles. The third kappa shape index (κ3) is 4.87. The number of thioether (sulfide) groups is 1. The van der Waals surface area contributed by atoms with E-state index in [1.165, 1.54) is 16.9 Å². The fourth-order valence-corrected chi connectivity index (χ4v) is 7.86. The molecule has 0 spiro atoms. The van der Waals surface area contributed by atoms with Crippen molar-refractivity contribution in [2.45, 2.75) is 28.9 Å². The van der Waals surface area contributed by atoms with E-state index in [1.54, 1.807) is 36.4 Å². The van der Waals surface area contributed by atoms with Crippen LogP contribution < -0.4 is 15.1 Å². The molecule has 210 valence electrons. The lowest BCUT2D eigenvalue weighted by atomic mass is 9.87. The number of nitrogens with zero attached hydrogens (tertiary/aromatic N) is 2. The Balaban J connectivity index is 1.38. The van der Waals surface area contributed by atoms with Gasteiger partial charge in [-0.1, -0.05) is 40.8 Å². The number of furan rings is 1.